The second-order valence-electron chi connectivity index (χ2n) is 3.64. The van der Waals surface area contributed by atoms with E-state index in [2.05, 4.69) is 35.0 Å². The van der Waals surface area contributed by atoms with Crippen LogP contribution in [0.5, 0.6) is 0 Å². The number of thiophene rings is 1. The van der Waals surface area contributed by atoms with Gasteiger partial charge in [-0.1, -0.05) is 31.2 Å². The Bertz CT molecular complexity index is 461. The summed E-state index contributed by atoms with van der Waals surface area (Å²) in [5.74, 6) is 0. The zero-order chi connectivity index (χ0) is 11.5. The van der Waals surface area contributed by atoms with Crippen molar-refractivity contribution in [1.82, 2.24) is 0 Å². The minimum absolute atomic E-state index is 0.512. The standard InChI is InChI=1S/C13H13BrOS/c1-2-9-3-5-10(6-4-9)13(15)11-7-8-12(14)16-11/h3-8,13,15H,2H2,1H3. The Kier molecular flexibility index (Phi) is 3.79. The molecule has 0 spiro atoms. The lowest BCUT2D eigenvalue weighted by molar-refractivity contribution is 0.224. The van der Waals surface area contributed by atoms with Crippen LogP contribution >= 0.6 is 27.3 Å². The molecule has 1 aromatic heterocycles. The molecule has 0 amide bonds. The fraction of sp³-hybridized carbons (Fsp3) is 0.231. The summed E-state index contributed by atoms with van der Waals surface area (Å²) >= 11 is 4.97. The Balaban J connectivity index is 2.23. The average Bonchev–Trinajstić information content (AvgIpc) is 2.75. The van der Waals surface area contributed by atoms with Crippen molar-refractivity contribution in [3.05, 3.63) is 56.2 Å². The molecule has 0 aliphatic rings. The molecule has 1 heterocycles. The maximum Gasteiger partial charge on any atom is 0.113 e. The maximum atomic E-state index is 10.2. The van der Waals surface area contributed by atoms with Crippen molar-refractivity contribution in [2.75, 3.05) is 0 Å². The first-order chi connectivity index (χ1) is 7.70. The Morgan fingerprint density at radius 2 is 1.88 bits per heavy atom. The van der Waals surface area contributed by atoms with Crippen molar-refractivity contribution in [2.24, 2.45) is 0 Å². The van der Waals surface area contributed by atoms with E-state index in [0.29, 0.717) is 0 Å². The third-order valence-electron chi connectivity index (χ3n) is 2.57. The van der Waals surface area contributed by atoms with Gasteiger partial charge in [0.15, 0.2) is 0 Å². The van der Waals surface area contributed by atoms with Gasteiger partial charge in [0.2, 0.25) is 0 Å². The number of rotatable bonds is 3. The highest BCUT2D eigenvalue weighted by molar-refractivity contribution is 9.11. The molecule has 2 rings (SSSR count). The van der Waals surface area contributed by atoms with Gasteiger partial charge >= 0.3 is 0 Å². The monoisotopic (exact) mass is 296 g/mol. The first-order valence-corrected chi connectivity index (χ1v) is 6.83. The fourth-order valence-corrected chi connectivity index (χ4v) is 3.01. The van der Waals surface area contributed by atoms with E-state index >= 15 is 0 Å². The number of aliphatic hydroxyl groups is 1. The number of benzene rings is 1. The molecule has 0 bridgehead atoms. The largest absolute Gasteiger partial charge is 0.383 e. The van der Waals surface area contributed by atoms with Crippen molar-refractivity contribution < 1.29 is 5.11 Å². The van der Waals surface area contributed by atoms with Gasteiger partial charge < -0.3 is 5.11 Å². The van der Waals surface area contributed by atoms with E-state index in [0.717, 1.165) is 20.6 Å². The van der Waals surface area contributed by atoms with E-state index < -0.39 is 6.10 Å². The van der Waals surface area contributed by atoms with Gasteiger partial charge in [-0.3, -0.25) is 0 Å². The number of halogens is 1. The number of hydrogen-bond donors (Lipinski definition) is 1. The van der Waals surface area contributed by atoms with E-state index in [1.807, 2.05) is 24.3 Å². The second kappa shape index (κ2) is 5.13. The van der Waals surface area contributed by atoms with Gasteiger partial charge in [-0.25, -0.2) is 0 Å². The third-order valence-corrected chi connectivity index (χ3v) is 4.24. The number of hydrogen-bond acceptors (Lipinski definition) is 2. The molecule has 1 N–H and O–H groups in total. The molecule has 3 heteroatoms. The van der Waals surface area contributed by atoms with Gasteiger partial charge in [0.05, 0.1) is 3.79 Å². The SMILES string of the molecule is CCc1ccc(C(O)c2ccc(Br)s2)cc1. The van der Waals surface area contributed by atoms with E-state index in [4.69, 9.17) is 0 Å². The van der Waals surface area contributed by atoms with Crippen molar-refractivity contribution in [1.29, 1.82) is 0 Å². The van der Waals surface area contributed by atoms with E-state index in [1.165, 1.54) is 5.56 Å². The van der Waals surface area contributed by atoms with Gasteiger partial charge in [0.25, 0.3) is 0 Å². The van der Waals surface area contributed by atoms with Gasteiger partial charge in [0.1, 0.15) is 6.10 Å². The predicted molar refractivity (Wildman–Crippen MR) is 71.9 cm³/mol. The van der Waals surface area contributed by atoms with Gasteiger partial charge in [-0.05, 0) is 45.6 Å². The fourth-order valence-electron chi connectivity index (χ4n) is 1.58. The Morgan fingerprint density at radius 1 is 1.19 bits per heavy atom. The summed E-state index contributed by atoms with van der Waals surface area (Å²) in [5.41, 5.74) is 2.25. The van der Waals surface area contributed by atoms with Gasteiger partial charge in [-0.15, -0.1) is 11.3 Å². The van der Waals surface area contributed by atoms with E-state index in [9.17, 15) is 5.11 Å². The predicted octanol–water partition coefficient (Wildman–Crippen LogP) is 4.15. The second-order valence-corrected chi connectivity index (χ2v) is 6.13. The molecule has 1 nitrogen and oxygen atoms in total. The highest BCUT2D eigenvalue weighted by Crippen LogP contribution is 2.31. The summed E-state index contributed by atoms with van der Waals surface area (Å²) in [7, 11) is 0. The van der Waals surface area contributed by atoms with Crippen LogP contribution < -0.4 is 0 Å². The van der Waals surface area contributed by atoms with Crippen LogP contribution in [0.4, 0.5) is 0 Å². The smallest absolute Gasteiger partial charge is 0.113 e. The molecule has 0 fully saturated rings. The molecule has 0 radical (unpaired) electrons. The highest BCUT2D eigenvalue weighted by atomic mass is 79.9. The van der Waals surface area contributed by atoms with Crippen molar-refractivity contribution >= 4 is 27.3 Å². The molecule has 0 saturated carbocycles. The first-order valence-electron chi connectivity index (χ1n) is 5.23. The summed E-state index contributed by atoms with van der Waals surface area (Å²) in [4.78, 5) is 0.969. The van der Waals surface area contributed by atoms with E-state index in [-0.39, 0.29) is 0 Å². The maximum absolute atomic E-state index is 10.2. The molecule has 16 heavy (non-hydrogen) atoms. The molecule has 0 aliphatic carbocycles. The summed E-state index contributed by atoms with van der Waals surface area (Å²) in [6.07, 6.45) is 0.517. The zero-order valence-corrected chi connectivity index (χ0v) is 11.4. The van der Waals surface area contributed by atoms with Crippen LogP contribution in [-0.2, 0) is 6.42 Å². The lowest BCUT2D eigenvalue weighted by Crippen LogP contribution is -1.96. The minimum Gasteiger partial charge on any atom is -0.383 e. The van der Waals surface area contributed by atoms with Crippen LogP contribution in [0.3, 0.4) is 0 Å². The summed E-state index contributed by atoms with van der Waals surface area (Å²) < 4.78 is 1.05. The van der Waals surface area contributed by atoms with E-state index in [1.54, 1.807) is 11.3 Å². The van der Waals surface area contributed by atoms with Crippen LogP contribution in [0, 0.1) is 0 Å². The van der Waals surface area contributed by atoms with Crippen LogP contribution in [-0.4, -0.2) is 5.11 Å². The molecule has 0 saturated heterocycles. The van der Waals surface area contributed by atoms with Crippen molar-refractivity contribution in [2.45, 2.75) is 19.4 Å². The quantitative estimate of drug-likeness (QED) is 0.902. The Hall–Kier alpha value is -0.640. The van der Waals surface area contributed by atoms with Gasteiger partial charge in [-0.2, -0.15) is 0 Å². The Labute approximate surface area is 108 Å². The molecule has 1 atom stereocenters. The lowest BCUT2D eigenvalue weighted by Gasteiger charge is -2.09. The normalized spacial score (nSPS) is 12.7. The van der Waals surface area contributed by atoms with Crippen LogP contribution in [0.1, 0.15) is 29.0 Å². The molecular weight excluding hydrogens is 284 g/mol. The molecule has 1 aromatic carbocycles. The average molecular weight is 297 g/mol. The summed E-state index contributed by atoms with van der Waals surface area (Å²) in [6.45, 7) is 2.13. The third kappa shape index (κ3) is 2.54. The number of aryl methyl sites for hydroxylation is 1. The van der Waals surface area contributed by atoms with Crippen LogP contribution in [0.25, 0.3) is 0 Å². The van der Waals surface area contributed by atoms with Crippen LogP contribution in [0.2, 0.25) is 0 Å². The highest BCUT2D eigenvalue weighted by Gasteiger charge is 2.12. The molecular formula is C13H13BrOS. The zero-order valence-electron chi connectivity index (χ0n) is 8.98. The lowest BCUT2D eigenvalue weighted by atomic mass is 10.0. The molecule has 84 valence electrons. The topological polar surface area (TPSA) is 20.2 Å². The number of aliphatic hydroxyl groups excluding tert-OH is 1. The van der Waals surface area contributed by atoms with Gasteiger partial charge in [0, 0.05) is 4.88 Å². The Morgan fingerprint density at radius 3 is 2.38 bits per heavy atom. The molecule has 2 aromatic rings. The first kappa shape index (κ1) is 11.8. The molecule has 1 unspecified atom stereocenters. The van der Waals surface area contributed by atoms with Crippen molar-refractivity contribution in [3.63, 3.8) is 0 Å². The summed E-state index contributed by atoms with van der Waals surface area (Å²) in [5, 5.41) is 10.2. The molecule has 0 aliphatic heterocycles. The van der Waals surface area contributed by atoms with Crippen molar-refractivity contribution in [3.8, 4) is 0 Å². The van der Waals surface area contributed by atoms with Crippen LogP contribution in [0.15, 0.2) is 40.2 Å². The minimum atomic E-state index is -0.512. The summed E-state index contributed by atoms with van der Waals surface area (Å²) in [6, 6.07) is 12.0.